The van der Waals surface area contributed by atoms with Gasteiger partial charge in [0.25, 0.3) is 0 Å². The molecule has 0 unspecified atom stereocenters. The van der Waals surface area contributed by atoms with E-state index in [9.17, 15) is 22.9 Å². The van der Waals surface area contributed by atoms with Crippen LogP contribution in [-0.4, -0.2) is 16.4 Å². The molecule has 1 amide bonds. The van der Waals surface area contributed by atoms with Gasteiger partial charge in [-0.1, -0.05) is 22.4 Å². The number of halogens is 2. The van der Waals surface area contributed by atoms with Crippen molar-refractivity contribution in [3.63, 3.8) is 0 Å². The van der Waals surface area contributed by atoms with Crippen LogP contribution in [0, 0.1) is 11.6 Å². The summed E-state index contributed by atoms with van der Waals surface area (Å²) in [5.74, 6) is -1.48. The summed E-state index contributed by atoms with van der Waals surface area (Å²) in [6, 6.07) is 3.93. The van der Waals surface area contributed by atoms with Gasteiger partial charge in [0.1, 0.15) is 11.6 Å². The van der Waals surface area contributed by atoms with Crippen molar-refractivity contribution < 1.29 is 22.9 Å². The van der Waals surface area contributed by atoms with Crippen molar-refractivity contribution in [2.75, 3.05) is 5.32 Å². The zero-order valence-corrected chi connectivity index (χ0v) is 17.8. The van der Waals surface area contributed by atoms with Crippen molar-refractivity contribution in [1.29, 1.82) is 0 Å². The van der Waals surface area contributed by atoms with Gasteiger partial charge in [-0.15, -0.1) is 0 Å². The molecule has 160 valence electrons. The van der Waals surface area contributed by atoms with Crippen LogP contribution in [-0.2, 0) is 50.7 Å². The number of anilines is 1. The van der Waals surface area contributed by atoms with E-state index in [-0.39, 0.29) is 10.7 Å². The third kappa shape index (κ3) is 3.76. The lowest BCUT2D eigenvalue weighted by molar-refractivity contribution is -0.109. The highest BCUT2D eigenvalue weighted by molar-refractivity contribution is 7.85. The van der Waals surface area contributed by atoms with E-state index >= 15 is 0 Å². The minimum absolute atomic E-state index is 0.130. The van der Waals surface area contributed by atoms with Crippen molar-refractivity contribution >= 4 is 27.4 Å². The predicted octanol–water partition coefficient (Wildman–Crippen LogP) is 3.93. The molecule has 0 heterocycles. The first-order valence-corrected chi connectivity index (χ1v) is 11.3. The number of amides is 1. The molecule has 4 nitrogen and oxygen atoms in total. The van der Waals surface area contributed by atoms with Crippen LogP contribution in [0.25, 0.3) is 0 Å². The summed E-state index contributed by atoms with van der Waals surface area (Å²) in [5, 5.41) is 13.7. The van der Waals surface area contributed by atoms with E-state index in [0.29, 0.717) is 48.1 Å². The SMILES string of the molecule is CC(C)(O)c1ccc([S-](=O)=CC(=O)Nc2c3c(c(F)c4c2CCC4)CCC3)c(F)c1. The molecule has 0 fully saturated rings. The van der Waals surface area contributed by atoms with Gasteiger partial charge < -0.3 is 14.6 Å². The van der Waals surface area contributed by atoms with E-state index in [1.807, 2.05) is 0 Å². The average Bonchev–Trinajstić information content (AvgIpc) is 3.34. The summed E-state index contributed by atoms with van der Waals surface area (Å²) < 4.78 is 41.8. The molecule has 2 N–H and O–H groups in total. The summed E-state index contributed by atoms with van der Waals surface area (Å²) in [5.41, 5.74) is 2.80. The van der Waals surface area contributed by atoms with E-state index in [0.717, 1.165) is 35.4 Å². The number of hydrogen-bond acceptors (Lipinski definition) is 4. The fourth-order valence-corrected chi connectivity index (χ4v) is 5.23. The van der Waals surface area contributed by atoms with E-state index in [1.165, 1.54) is 26.0 Å². The van der Waals surface area contributed by atoms with Crippen LogP contribution in [0.3, 0.4) is 0 Å². The smallest absolute Gasteiger partial charge is 0.225 e. The monoisotopic (exact) mass is 432 g/mol. The normalized spacial score (nSPS) is 16.4. The van der Waals surface area contributed by atoms with Crippen LogP contribution in [0.2, 0.25) is 0 Å². The maximum absolute atomic E-state index is 14.8. The molecule has 2 aliphatic carbocycles. The van der Waals surface area contributed by atoms with E-state index in [4.69, 9.17) is 0 Å². The number of carbonyl (C=O) groups excluding carboxylic acids is 1. The summed E-state index contributed by atoms with van der Waals surface area (Å²) >= 11 is 0. The molecule has 2 aliphatic rings. The van der Waals surface area contributed by atoms with Crippen molar-refractivity contribution in [2.24, 2.45) is 0 Å². The number of carbonyl (C=O) groups is 1. The molecule has 0 saturated heterocycles. The summed E-state index contributed by atoms with van der Waals surface area (Å²) in [6.07, 6.45) is 4.40. The number of aliphatic hydroxyl groups is 1. The van der Waals surface area contributed by atoms with Gasteiger partial charge in [-0.05, 0) is 86.3 Å². The third-order valence-corrected chi connectivity index (χ3v) is 7.08. The highest BCUT2D eigenvalue weighted by atomic mass is 32.2. The summed E-state index contributed by atoms with van der Waals surface area (Å²) in [4.78, 5) is 12.5. The van der Waals surface area contributed by atoms with Crippen LogP contribution < -0.4 is 5.32 Å². The molecule has 0 saturated carbocycles. The summed E-state index contributed by atoms with van der Waals surface area (Å²) in [6.45, 7) is 3.05. The van der Waals surface area contributed by atoms with Gasteiger partial charge in [0.15, 0.2) is 0 Å². The van der Waals surface area contributed by atoms with Gasteiger partial charge in [0, 0.05) is 5.69 Å². The minimum Gasteiger partial charge on any atom is -0.457 e. The Hall–Kier alpha value is -2.25. The number of hydrogen-bond donors (Lipinski definition) is 2. The molecule has 0 aliphatic heterocycles. The maximum Gasteiger partial charge on any atom is 0.225 e. The van der Waals surface area contributed by atoms with Gasteiger partial charge in [-0.3, -0.25) is 4.79 Å². The maximum atomic E-state index is 14.8. The molecule has 30 heavy (non-hydrogen) atoms. The van der Waals surface area contributed by atoms with Crippen molar-refractivity contribution in [3.05, 3.63) is 57.7 Å². The lowest BCUT2D eigenvalue weighted by Gasteiger charge is -2.19. The predicted molar refractivity (Wildman–Crippen MR) is 113 cm³/mol. The average molecular weight is 433 g/mol. The van der Waals surface area contributed by atoms with E-state index in [1.54, 1.807) is 0 Å². The van der Waals surface area contributed by atoms with Gasteiger partial charge >= 0.3 is 0 Å². The zero-order chi connectivity index (χ0) is 21.6. The fraction of sp³-hybridized carbons (Fsp3) is 0.391. The molecule has 0 radical (unpaired) electrons. The van der Waals surface area contributed by atoms with Gasteiger partial charge in [-0.2, -0.15) is 0 Å². The number of rotatable bonds is 4. The molecule has 2 aromatic rings. The second kappa shape index (κ2) is 7.78. The Labute approximate surface area is 176 Å². The highest BCUT2D eigenvalue weighted by Crippen LogP contribution is 2.40. The standard InChI is InChI=1S/C23H24F2NO3S/c1-23(2,28)13-9-10-19(18(24)11-13)30(29)12-20(27)26-22-16-7-3-5-14(16)21(25)15-6-4-8-17(15)22/h9-12,28H,3-8H2,1-2H3,(H,26,27)/q-1. The van der Waals surface area contributed by atoms with Crippen LogP contribution in [0.5, 0.6) is 0 Å². The Balaban J connectivity index is 1.63. The molecule has 7 heteroatoms. The quantitative estimate of drug-likeness (QED) is 0.568. The van der Waals surface area contributed by atoms with Crippen LogP contribution in [0.4, 0.5) is 14.5 Å². The lowest BCUT2D eigenvalue weighted by atomic mass is 9.97. The van der Waals surface area contributed by atoms with Crippen molar-refractivity contribution in [3.8, 4) is 0 Å². The Bertz CT molecular complexity index is 1090. The topological polar surface area (TPSA) is 66.4 Å². The first kappa shape index (κ1) is 21.0. The first-order valence-electron chi connectivity index (χ1n) is 10.1. The van der Waals surface area contributed by atoms with Gasteiger partial charge in [-0.25, -0.2) is 19.2 Å². The molecule has 4 rings (SSSR count). The Morgan fingerprint density at radius 1 is 1.07 bits per heavy atom. The van der Waals surface area contributed by atoms with Crippen LogP contribution in [0.15, 0.2) is 23.1 Å². The first-order chi connectivity index (χ1) is 14.2. The van der Waals surface area contributed by atoms with Gasteiger partial charge in [0.05, 0.1) is 5.60 Å². The van der Waals surface area contributed by atoms with Crippen LogP contribution >= 0.6 is 0 Å². The molecule has 0 atom stereocenters. The van der Waals surface area contributed by atoms with E-state index in [2.05, 4.69) is 5.32 Å². The number of fused-ring (bicyclic) bond motifs is 2. The Kier molecular flexibility index (Phi) is 5.45. The number of nitrogens with one attached hydrogen (secondary N) is 1. The fourth-order valence-electron chi connectivity index (χ4n) is 4.40. The molecular weight excluding hydrogens is 408 g/mol. The highest BCUT2D eigenvalue weighted by Gasteiger charge is 2.29. The second-order valence-corrected chi connectivity index (χ2v) is 9.69. The van der Waals surface area contributed by atoms with Crippen molar-refractivity contribution in [2.45, 2.75) is 62.9 Å². The zero-order valence-electron chi connectivity index (χ0n) is 17.0. The van der Waals surface area contributed by atoms with Crippen molar-refractivity contribution in [1.82, 2.24) is 0 Å². The lowest BCUT2D eigenvalue weighted by Crippen LogP contribution is -2.18. The largest absolute Gasteiger partial charge is 0.457 e. The van der Waals surface area contributed by atoms with Gasteiger partial charge in [0.2, 0.25) is 5.91 Å². The Morgan fingerprint density at radius 2 is 1.63 bits per heavy atom. The summed E-state index contributed by atoms with van der Waals surface area (Å²) in [7, 11) is -2.00. The van der Waals surface area contributed by atoms with E-state index < -0.39 is 27.7 Å². The molecule has 0 aromatic heterocycles. The number of benzene rings is 2. The minimum atomic E-state index is -2.00. The second-order valence-electron chi connectivity index (χ2n) is 8.42. The van der Waals surface area contributed by atoms with Crippen LogP contribution in [0.1, 0.15) is 54.5 Å². The molecule has 0 bridgehead atoms. The third-order valence-electron chi connectivity index (χ3n) is 5.89. The molecule has 0 spiro atoms. The molecular formula is C23H24F2NO3S-. The molecule has 2 aromatic carbocycles. The Morgan fingerprint density at radius 3 is 2.17 bits per heavy atom.